The minimum Gasteiger partial charge on any atom is -0.481 e. The molecule has 2 aromatic heterocycles. The molecule has 1 amide bonds. The number of benzene rings is 1. The molecule has 0 spiro atoms. The topological polar surface area (TPSA) is 115 Å². The average Bonchev–Trinajstić information content (AvgIpc) is 3.38. The largest absolute Gasteiger partial charge is 0.481 e. The molecule has 0 aliphatic rings. The number of aryl methyl sites for hydroxylation is 3. The molecule has 9 nitrogen and oxygen atoms in total. The van der Waals surface area contributed by atoms with E-state index in [1.54, 1.807) is 10.9 Å². The van der Waals surface area contributed by atoms with E-state index in [0.29, 0.717) is 38.8 Å². The molecule has 0 aliphatic heterocycles. The van der Waals surface area contributed by atoms with Gasteiger partial charge in [0.1, 0.15) is 5.82 Å². The average molecular weight is 439 g/mol. The fourth-order valence-electron chi connectivity index (χ4n) is 3.58. The third-order valence-corrected chi connectivity index (χ3v) is 5.26. The minimum absolute atomic E-state index is 0.0138. The van der Waals surface area contributed by atoms with E-state index in [1.807, 2.05) is 54.2 Å². The zero-order valence-corrected chi connectivity index (χ0v) is 18.4. The highest BCUT2D eigenvalue weighted by atomic mass is 16.4. The third-order valence-electron chi connectivity index (χ3n) is 5.26. The first-order valence-electron chi connectivity index (χ1n) is 10.9. The Bertz CT molecular complexity index is 998. The van der Waals surface area contributed by atoms with Crippen LogP contribution in [-0.2, 0) is 35.5 Å². The fourth-order valence-corrected chi connectivity index (χ4v) is 3.58. The summed E-state index contributed by atoms with van der Waals surface area (Å²) >= 11 is 0. The SMILES string of the molecule is Cc1nccn1CCC(=O)NC(Cc1ccccc1)Cc1cn(CCCCC(=O)O)nn1. The fraction of sp³-hybridized carbons (Fsp3) is 0.435. The molecule has 0 saturated heterocycles. The maximum absolute atomic E-state index is 12.6. The van der Waals surface area contributed by atoms with E-state index in [-0.39, 0.29) is 18.4 Å². The Balaban J connectivity index is 1.57. The number of nitrogens with zero attached hydrogens (tertiary/aromatic N) is 5. The van der Waals surface area contributed by atoms with Crippen LogP contribution in [0.3, 0.4) is 0 Å². The van der Waals surface area contributed by atoms with Crippen molar-refractivity contribution in [2.75, 3.05) is 0 Å². The quantitative estimate of drug-likeness (QED) is 0.396. The van der Waals surface area contributed by atoms with Crippen molar-refractivity contribution in [3.8, 4) is 0 Å². The number of carboxylic acids is 1. The highest BCUT2D eigenvalue weighted by molar-refractivity contribution is 5.76. The van der Waals surface area contributed by atoms with Gasteiger partial charge in [-0.2, -0.15) is 0 Å². The molecule has 2 N–H and O–H groups in total. The van der Waals surface area contributed by atoms with Gasteiger partial charge in [0.15, 0.2) is 0 Å². The number of carbonyl (C=O) groups excluding carboxylic acids is 1. The normalized spacial score (nSPS) is 11.9. The predicted octanol–water partition coefficient (Wildman–Crippen LogP) is 2.40. The molecule has 0 saturated carbocycles. The second kappa shape index (κ2) is 11.8. The summed E-state index contributed by atoms with van der Waals surface area (Å²) in [5.74, 6) is 0.0886. The van der Waals surface area contributed by atoms with Crippen molar-refractivity contribution < 1.29 is 14.7 Å². The van der Waals surface area contributed by atoms with Crippen molar-refractivity contribution >= 4 is 11.9 Å². The lowest BCUT2D eigenvalue weighted by molar-refractivity contribution is -0.137. The Hall–Kier alpha value is -3.49. The molecule has 3 aromatic rings. The van der Waals surface area contributed by atoms with Gasteiger partial charge >= 0.3 is 5.97 Å². The van der Waals surface area contributed by atoms with Crippen LogP contribution in [0.4, 0.5) is 0 Å². The number of rotatable bonds is 13. The van der Waals surface area contributed by atoms with Crippen molar-refractivity contribution in [3.63, 3.8) is 0 Å². The number of hydrogen-bond acceptors (Lipinski definition) is 5. The second-order valence-electron chi connectivity index (χ2n) is 7.90. The van der Waals surface area contributed by atoms with Crippen LogP contribution in [0.1, 0.15) is 42.8 Å². The maximum atomic E-state index is 12.6. The van der Waals surface area contributed by atoms with Gasteiger partial charge in [-0.15, -0.1) is 5.10 Å². The number of hydrogen-bond donors (Lipinski definition) is 2. The van der Waals surface area contributed by atoms with Crippen LogP contribution in [0.25, 0.3) is 0 Å². The molecular weight excluding hydrogens is 408 g/mol. The van der Waals surface area contributed by atoms with Crippen LogP contribution >= 0.6 is 0 Å². The Morgan fingerprint density at radius 2 is 1.91 bits per heavy atom. The first-order chi connectivity index (χ1) is 15.5. The molecule has 2 heterocycles. The molecule has 170 valence electrons. The van der Waals surface area contributed by atoms with Crippen molar-refractivity contribution in [3.05, 3.63) is 66.0 Å². The smallest absolute Gasteiger partial charge is 0.303 e. The van der Waals surface area contributed by atoms with Crippen LogP contribution in [0.15, 0.2) is 48.9 Å². The molecule has 0 bridgehead atoms. The van der Waals surface area contributed by atoms with E-state index in [0.717, 1.165) is 23.5 Å². The van der Waals surface area contributed by atoms with E-state index in [2.05, 4.69) is 20.6 Å². The number of carbonyl (C=O) groups is 2. The second-order valence-corrected chi connectivity index (χ2v) is 7.90. The van der Waals surface area contributed by atoms with E-state index in [4.69, 9.17) is 5.11 Å². The van der Waals surface area contributed by atoms with Crippen LogP contribution in [-0.4, -0.2) is 47.6 Å². The molecule has 1 aromatic carbocycles. The Labute approximate surface area is 187 Å². The molecule has 9 heteroatoms. The first-order valence-corrected chi connectivity index (χ1v) is 10.9. The molecule has 0 radical (unpaired) electrons. The summed E-state index contributed by atoms with van der Waals surface area (Å²) in [5.41, 5.74) is 1.94. The van der Waals surface area contributed by atoms with Gasteiger partial charge in [-0.1, -0.05) is 35.5 Å². The van der Waals surface area contributed by atoms with Gasteiger partial charge in [0.2, 0.25) is 5.91 Å². The Morgan fingerprint density at radius 3 is 2.62 bits per heavy atom. The van der Waals surface area contributed by atoms with Crippen LogP contribution in [0.2, 0.25) is 0 Å². The summed E-state index contributed by atoms with van der Waals surface area (Å²) in [4.78, 5) is 27.5. The van der Waals surface area contributed by atoms with Crippen molar-refractivity contribution in [2.24, 2.45) is 0 Å². The van der Waals surface area contributed by atoms with Gasteiger partial charge in [-0.05, 0) is 31.7 Å². The molecule has 0 aliphatic carbocycles. The lowest BCUT2D eigenvalue weighted by Gasteiger charge is -2.18. The van der Waals surface area contributed by atoms with Gasteiger partial charge in [-0.25, -0.2) is 4.98 Å². The summed E-state index contributed by atoms with van der Waals surface area (Å²) in [6.07, 6.45) is 8.61. The van der Waals surface area contributed by atoms with Gasteiger partial charge in [0.25, 0.3) is 0 Å². The van der Waals surface area contributed by atoms with Gasteiger partial charge in [0.05, 0.1) is 5.69 Å². The van der Waals surface area contributed by atoms with Crippen molar-refractivity contribution in [1.29, 1.82) is 0 Å². The Kier molecular flexibility index (Phi) is 8.53. The number of aromatic nitrogens is 5. The molecule has 32 heavy (non-hydrogen) atoms. The summed E-state index contributed by atoms with van der Waals surface area (Å²) in [6.45, 7) is 3.13. The maximum Gasteiger partial charge on any atom is 0.303 e. The number of carboxylic acid groups (broad SMARTS) is 1. The summed E-state index contributed by atoms with van der Waals surface area (Å²) in [6, 6.07) is 9.94. The van der Waals surface area contributed by atoms with E-state index >= 15 is 0 Å². The third kappa shape index (κ3) is 7.64. The summed E-state index contributed by atoms with van der Waals surface area (Å²) in [7, 11) is 0. The predicted molar refractivity (Wildman–Crippen MR) is 119 cm³/mol. The minimum atomic E-state index is -0.785. The van der Waals surface area contributed by atoms with Crippen LogP contribution in [0.5, 0.6) is 0 Å². The monoisotopic (exact) mass is 438 g/mol. The standard InChI is InChI=1S/C23H30N6O3/c1-18-24-11-14-28(18)13-10-22(30)25-20(15-19-7-3-2-4-8-19)16-21-17-29(27-26-21)12-6-5-9-23(31)32/h2-4,7-8,11,14,17,20H,5-6,9-10,12-13,15-16H2,1H3,(H,25,30)(H,31,32). The van der Waals surface area contributed by atoms with E-state index in [9.17, 15) is 9.59 Å². The van der Waals surface area contributed by atoms with Crippen molar-refractivity contribution in [2.45, 2.75) is 64.6 Å². The number of nitrogens with one attached hydrogen (secondary N) is 1. The highest BCUT2D eigenvalue weighted by Gasteiger charge is 2.16. The van der Waals surface area contributed by atoms with E-state index in [1.165, 1.54) is 0 Å². The number of unbranched alkanes of at least 4 members (excludes halogenated alkanes) is 1. The lowest BCUT2D eigenvalue weighted by Crippen LogP contribution is -2.38. The van der Waals surface area contributed by atoms with Crippen LogP contribution < -0.4 is 5.32 Å². The molecule has 3 rings (SSSR count). The number of imidazole rings is 1. The van der Waals surface area contributed by atoms with Gasteiger partial charge < -0.3 is 15.0 Å². The molecule has 1 unspecified atom stereocenters. The summed E-state index contributed by atoms with van der Waals surface area (Å²) in [5, 5.41) is 20.3. The summed E-state index contributed by atoms with van der Waals surface area (Å²) < 4.78 is 3.70. The van der Waals surface area contributed by atoms with Crippen molar-refractivity contribution in [1.82, 2.24) is 29.9 Å². The lowest BCUT2D eigenvalue weighted by atomic mass is 10.0. The zero-order valence-electron chi connectivity index (χ0n) is 18.4. The first kappa shape index (κ1) is 23.2. The zero-order chi connectivity index (χ0) is 22.8. The Morgan fingerprint density at radius 1 is 1.09 bits per heavy atom. The highest BCUT2D eigenvalue weighted by Crippen LogP contribution is 2.09. The molecular formula is C23H30N6O3. The van der Waals surface area contributed by atoms with E-state index < -0.39 is 5.97 Å². The van der Waals surface area contributed by atoms with Crippen LogP contribution in [0, 0.1) is 6.92 Å². The number of aliphatic carboxylic acids is 1. The number of amides is 1. The molecule has 0 fully saturated rings. The van der Waals surface area contributed by atoms with Gasteiger partial charge in [0, 0.05) is 57.0 Å². The van der Waals surface area contributed by atoms with Gasteiger partial charge in [-0.3, -0.25) is 14.3 Å². The molecule has 1 atom stereocenters.